The lowest BCUT2D eigenvalue weighted by molar-refractivity contribution is 1.05. The van der Waals surface area contributed by atoms with Crippen LogP contribution in [0.4, 0.5) is 0 Å². The summed E-state index contributed by atoms with van der Waals surface area (Å²) in [5.74, 6) is 0. The van der Waals surface area contributed by atoms with Gasteiger partial charge in [-0.2, -0.15) is 0 Å². The van der Waals surface area contributed by atoms with Crippen LogP contribution in [0.25, 0.3) is 22.3 Å². The summed E-state index contributed by atoms with van der Waals surface area (Å²) in [7, 11) is 0. The number of benzene rings is 1. The van der Waals surface area contributed by atoms with Gasteiger partial charge in [-0.3, -0.25) is 4.98 Å². The molecule has 0 radical (unpaired) electrons. The van der Waals surface area contributed by atoms with Crippen molar-refractivity contribution < 1.29 is 0 Å². The van der Waals surface area contributed by atoms with Crippen LogP contribution in [0.1, 0.15) is 5.56 Å². The van der Waals surface area contributed by atoms with Crippen molar-refractivity contribution in [2.45, 2.75) is 6.54 Å². The molecule has 0 spiro atoms. The minimum Gasteiger partial charge on any atom is -0.353 e. The quantitative estimate of drug-likeness (QED) is 0.701. The molecule has 0 saturated heterocycles. The predicted octanol–water partition coefficient (Wildman–Crippen LogP) is 2.69. The summed E-state index contributed by atoms with van der Waals surface area (Å²) in [4.78, 5) is 7.76. The summed E-state index contributed by atoms with van der Waals surface area (Å²) in [5, 5.41) is 1.20. The van der Waals surface area contributed by atoms with Crippen LogP contribution >= 0.6 is 0 Å². The van der Waals surface area contributed by atoms with Gasteiger partial charge in [0.05, 0.1) is 11.4 Å². The fourth-order valence-corrected chi connectivity index (χ4v) is 1.92. The van der Waals surface area contributed by atoms with Gasteiger partial charge >= 0.3 is 0 Å². The normalized spacial score (nSPS) is 10.9. The second-order valence-electron chi connectivity index (χ2n) is 4.03. The Kier molecular flexibility index (Phi) is 2.38. The first-order valence-corrected chi connectivity index (χ1v) is 5.60. The Hall–Kier alpha value is -2.13. The molecule has 0 aliphatic heterocycles. The van der Waals surface area contributed by atoms with Gasteiger partial charge in [0.25, 0.3) is 0 Å². The maximum atomic E-state index is 5.55. The SMILES string of the molecule is NCc1ccc(-c2cc3ccccc3[nH]2)nc1. The van der Waals surface area contributed by atoms with Crippen molar-refractivity contribution in [2.75, 3.05) is 0 Å². The smallest absolute Gasteiger partial charge is 0.0864 e. The van der Waals surface area contributed by atoms with Crippen molar-refractivity contribution in [3.63, 3.8) is 0 Å². The van der Waals surface area contributed by atoms with Crippen LogP contribution in [0.15, 0.2) is 48.7 Å². The van der Waals surface area contributed by atoms with Crippen LogP contribution in [0.5, 0.6) is 0 Å². The highest BCUT2D eigenvalue weighted by atomic mass is 14.8. The molecular formula is C14H13N3. The monoisotopic (exact) mass is 223 g/mol. The molecule has 3 N–H and O–H groups in total. The fourth-order valence-electron chi connectivity index (χ4n) is 1.92. The summed E-state index contributed by atoms with van der Waals surface area (Å²) >= 11 is 0. The second-order valence-corrected chi connectivity index (χ2v) is 4.03. The molecule has 0 bridgehead atoms. The van der Waals surface area contributed by atoms with Gasteiger partial charge in [-0.05, 0) is 23.8 Å². The lowest BCUT2D eigenvalue weighted by Crippen LogP contribution is -1.96. The summed E-state index contributed by atoms with van der Waals surface area (Å²) < 4.78 is 0. The predicted molar refractivity (Wildman–Crippen MR) is 69.4 cm³/mol. The molecule has 0 saturated carbocycles. The van der Waals surface area contributed by atoms with Crippen molar-refractivity contribution >= 4 is 10.9 Å². The van der Waals surface area contributed by atoms with E-state index in [1.54, 1.807) is 0 Å². The third-order valence-electron chi connectivity index (χ3n) is 2.87. The van der Waals surface area contributed by atoms with Crippen molar-refractivity contribution in [2.24, 2.45) is 5.73 Å². The molecule has 0 unspecified atom stereocenters. The van der Waals surface area contributed by atoms with E-state index < -0.39 is 0 Å². The number of nitrogens with two attached hydrogens (primary N) is 1. The van der Waals surface area contributed by atoms with Crippen LogP contribution in [-0.2, 0) is 6.54 Å². The zero-order valence-electron chi connectivity index (χ0n) is 9.35. The van der Waals surface area contributed by atoms with E-state index in [1.807, 2.05) is 30.5 Å². The number of hydrogen-bond acceptors (Lipinski definition) is 2. The van der Waals surface area contributed by atoms with E-state index in [2.05, 4.69) is 28.2 Å². The van der Waals surface area contributed by atoms with Gasteiger partial charge in [-0.25, -0.2) is 0 Å². The summed E-state index contributed by atoms with van der Waals surface area (Å²) in [5.41, 5.74) is 9.71. The number of nitrogens with one attached hydrogen (secondary N) is 1. The minimum absolute atomic E-state index is 0.528. The first-order valence-electron chi connectivity index (χ1n) is 5.60. The van der Waals surface area contributed by atoms with Gasteiger partial charge in [-0.15, -0.1) is 0 Å². The molecule has 3 heteroatoms. The third-order valence-corrected chi connectivity index (χ3v) is 2.87. The number of pyridine rings is 1. The Labute approximate surface area is 99.3 Å². The Morgan fingerprint density at radius 3 is 2.71 bits per heavy atom. The number of H-pyrrole nitrogens is 1. The molecule has 0 aliphatic carbocycles. The van der Waals surface area contributed by atoms with Crippen LogP contribution in [0, 0.1) is 0 Å². The molecule has 17 heavy (non-hydrogen) atoms. The van der Waals surface area contributed by atoms with Crippen molar-refractivity contribution in [3.8, 4) is 11.4 Å². The molecule has 0 amide bonds. The van der Waals surface area contributed by atoms with E-state index in [4.69, 9.17) is 5.73 Å². The average molecular weight is 223 g/mol. The van der Waals surface area contributed by atoms with E-state index in [0.717, 1.165) is 22.5 Å². The molecule has 0 fully saturated rings. The Morgan fingerprint density at radius 1 is 1.12 bits per heavy atom. The van der Waals surface area contributed by atoms with Crippen LogP contribution in [0.3, 0.4) is 0 Å². The van der Waals surface area contributed by atoms with E-state index >= 15 is 0 Å². The van der Waals surface area contributed by atoms with Gasteiger partial charge in [0.1, 0.15) is 0 Å². The maximum absolute atomic E-state index is 5.55. The lowest BCUT2D eigenvalue weighted by atomic mass is 10.2. The number of nitrogens with zero attached hydrogens (tertiary/aromatic N) is 1. The Balaban J connectivity index is 2.07. The van der Waals surface area contributed by atoms with Crippen molar-refractivity contribution in [3.05, 3.63) is 54.2 Å². The molecule has 3 aromatic rings. The van der Waals surface area contributed by atoms with Crippen LogP contribution < -0.4 is 5.73 Å². The fraction of sp³-hybridized carbons (Fsp3) is 0.0714. The number of para-hydroxylation sites is 1. The highest BCUT2D eigenvalue weighted by Gasteiger charge is 2.03. The van der Waals surface area contributed by atoms with Gasteiger partial charge in [0.2, 0.25) is 0 Å². The number of hydrogen-bond donors (Lipinski definition) is 2. The van der Waals surface area contributed by atoms with Crippen LogP contribution in [0.2, 0.25) is 0 Å². The van der Waals surface area contributed by atoms with Crippen LogP contribution in [-0.4, -0.2) is 9.97 Å². The Morgan fingerprint density at radius 2 is 2.00 bits per heavy atom. The van der Waals surface area contributed by atoms with E-state index in [1.165, 1.54) is 5.39 Å². The molecule has 3 nitrogen and oxygen atoms in total. The molecular weight excluding hydrogens is 210 g/mol. The first-order chi connectivity index (χ1) is 8.36. The van der Waals surface area contributed by atoms with Crippen molar-refractivity contribution in [1.29, 1.82) is 0 Å². The third kappa shape index (κ3) is 1.81. The van der Waals surface area contributed by atoms with Gasteiger partial charge in [0.15, 0.2) is 0 Å². The number of aromatic amines is 1. The highest BCUT2D eigenvalue weighted by Crippen LogP contribution is 2.22. The standard InChI is InChI=1S/C14H13N3/c15-8-10-5-6-13(16-9-10)14-7-11-3-1-2-4-12(11)17-14/h1-7,9,17H,8,15H2. The minimum atomic E-state index is 0.528. The summed E-state index contributed by atoms with van der Waals surface area (Å²) in [6.45, 7) is 0.528. The zero-order valence-corrected chi connectivity index (χ0v) is 9.35. The summed E-state index contributed by atoms with van der Waals surface area (Å²) in [6.07, 6.45) is 1.82. The van der Waals surface area contributed by atoms with E-state index in [-0.39, 0.29) is 0 Å². The average Bonchev–Trinajstić information content (AvgIpc) is 2.82. The number of aromatic nitrogens is 2. The molecule has 0 atom stereocenters. The molecule has 1 aromatic carbocycles. The zero-order chi connectivity index (χ0) is 11.7. The second kappa shape index (κ2) is 4.03. The van der Waals surface area contributed by atoms with Gasteiger partial charge < -0.3 is 10.7 Å². The molecule has 2 aromatic heterocycles. The molecule has 3 rings (SSSR count). The Bertz CT molecular complexity index is 605. The lowest BCUT2D eigenvalue weighted by Gasteiger charge is -1.98. The van der Waals surface area contributed by atoms with E-state index in [0.29, 0.717) is 6.54 Å². The van der Waals surface area contributed by atoms with Crippen molar-refractivity contribution in [1.82, 2.24) is 9.97 Å². The highest BCUT2D eigenvalue weighted by molar-refractivity contribution is 5.85. The molecule has 2 heterocycles. The van der Waals surface area contributed by atoms with E-state index in [9.17, 15) is 0 Å². The first kappa shape index (κ1) is 10.1. The van der Waals surface area contributed by atoms with Gasteiger partial charge in [-0.1, -0.05) is 24.3 Å². The summed E-state index contributed by atoms with van der Waals surface area (Å²) in [6, 6.07) is 14.3. The largest absolute Gasteiger partial charge is 0.353 e. The number of fused-ring (bicyclic) bond motifs is 1. The number of rotatable bonds is 2. The van der Waals surface area contributed by atoms with Gasteiger partial charge in [0, 0.05) is 23.6 Å². The maximum Gasteiger partial charge on any atom is 0.0864 e. The topological polar surface area (TPSA) is 54.7 Å². The molecule has 0 aliphatic rings. The molecule has 84 valence electrons.